The fraction of sp³-hybridized carbons (Fsp3) is 0.556. The summed E-state index contributed by atoms with van der Waals surface area (Å²) in [5.74, 6) is 0.250. The highest BCUT2D eigenvalue weighted by molar-refractivity contribution is 7.07. The first kappa shape index (κ1) is 17.2. The highest BCUT2D eigenvalue weighted by Gasteiger charge is 2.19. The van der Waals surface area contributed by atoms with Crippen LogP contribution < -0.4 is 0 Å². The summed E-state index contributed by atoms with van der Waals surface area (Å²) in [4.78, 5) is 17.0. The molecule has 0 radical (unpaired) electrons. The standard InChI is InChI=1S/C18H26N4OS/c1-15-12-16(2)22(19-15)8-4-18(23)21-7-3-6-20(9-10-21)13-17-5-11-24-14-17/h5,11-12,14H,3-4,6-10,13H2,1-2H3. The van der Waals surface area contributed by atoms with Gasteiger partial charge in [0.1, 0.15) is 0 Å². The van der Waals surface area contributed by atoms with Crippen LogP contribution in [0.3, 0.4) is 0 Å². The number of thiophene rings is 1. The van der Waals surface area contributed by atoms with Crippen LogP contribution in [0.25, 0.3) is 0 Å². The first-order chi connectivity index (χ1) is 11.6. The summed E-state index contributed by atoms with van der Waals surface area (Å²) in [5.41, 5.74) is 3.52. The largest absolute Gasteiger partial charge is 0.341 e. The molecule has 0 spiro atoms. The Kier molecular flexibility index (Phi) is 5.68. The molecular weight excluding hydrogens is 320 g/mol. The molecule has 1 saturated heterocycles. The van der Waals surface area contributed by atoms with Crippen LogP contribution in [0.2, 0.25) is 0 Å². The van der Waals surface area contributed by atoms with Gasteiger partial charge in [-0.3, -0.25) is 14.4 Å². The third-order valence-corrected chi connectivity index (χ3v) is 5.30. The van der Waals surface area contributed by atoms with E-state index < -0.39 is 0 Å². The summed E-state index contributed by atoms with van der Waals surface area (Å²) in [7, 11) is 0. The predicted molar refractivity (Wildman–Crippen MR) is 97.1 cm³/mol. The van der Waals surface area contributed by atoms with Crippen LogP contribution in [0.5, 0.6) is 0 Å². The molecule has 1 amide bonds. The number of aromatic nitrogens is 2. The fourth-order valence-electron chi connectivity index (χ4n) is 3.28. The van der Waals surface area contributed by atoms with Gasteiger partial charge in [-0.1, -0.05) is 0 Å². The van der Waals surface area contributed by atoms with E-state index >= 15 is 0 Å². The molecule has 0 N–H and O–H groups in total. The Labute approximate surface area is 147 Å². The first-order valence-electron chi connectivity index (χ1n) is 8.64. The maximum atomic E-state index is 12.5. The number of aryl methyl sites for hydroxylation is 3. The van der Waals surface area contributed by atoms with Crippen molar-refractivity contribution in [3.8, 4) is 0 Å². The summed E-state index contributed by atoms with van der Waals surface area (Å²) in [5, 5.41) is 8.78. The molecule has 24 heavy (non-hydrogen) atoms. The van der Waals surface area contributed by atoms with Crippen molar-refractivity contribution in [1.82, 2.24) is 19.6 Å². The van der Waals surface area contributed by atoms with Gasteiger partial charge in [0.25, 0.3) is 0 Å². The molecule has 3 rings (SSSR count). The minimum Gasteiger partial charge on any atom is -0.341 e. The third kappa shape index (κ3) is 4.45. The van der Waals surface area contributed by atoms with Crippen LogP contribution in [0.4, 0.5) is 0 Å². The minimum atomic E-state index is 0.250. The highest BCUT2D eigenvalue weighted by atomic mass is 32.1. The molecule has 3 heterocycles. The molecule has 0 saturated carbocycles. The Morgan fingerprint density at radius 3 is 2.83 bits per heavy atom. The van der Waals surface area contributed by atoms with Crippen LogP contribution >= 0.6 is 11.3 Å². The highest BCUT2D eigenvalue weighted by Crippen LogP contribution is 2.13. The molecule has 2 aromatic rings. The second kappa shape index (κ2) is 7.94. The lowest BCUT2D eigenvalue weighted by Gasteiger charge is -2.22. The monoisotopic (exact) mass is 346 g/mol. The van der Waals surface area contributed by atoms with Crippen molar-refractivity contribution in [2.45, 2.75) is 39.8 Å². The molecule has 5 nitrogen and oxygen atoms in total. The number of hydrogen-bond acceptors (Lipinski definition) is 4. The van der Waals surface area contributed by atoms with Crippen LogP contribution in [0.15, 0.2) is 22.9 Å². The fourth-order valence-corrected chi connectivity index (χ4v) is 3.94. The molecule has 6 heteroatoms. The average Bonchev–Trinajstić information content (AvgIpc) is 3.09. The smallest absolute Gasteiger partial charge is 0.224 e. The molecule has 0 bridgehead atoms. The Bertz CT molecular complexity index is 665. The van der Waals surface area contributed by atoms with E-state index in [0.717, 1.165) is 50.5 Å². The maximum Gasteiger partial charge on any atom is 0.224 e. The van der Waals surface area contributed by atoms with Crippen LogP contribution in [0, 0.1) is 13.8 Å². The topological polar surface area (TPSA) is 41.4 Å². The molecule has 1 aliphatic heterocycles. The number of nitrogens with zero attached hydrogens (tertiary/aromatic N) is 4. The van der Waals surface area contributed by atoms with E-state index in [1.807, 2.05) is 23.4 Å². The molecule has 0 aliphatic carbocycles. The van der Waals surface area contributed by atoms with Gasteiger partial charge in [-0.05, 0) is 48.7 Å². The van der Waals surface area contributed by atoms with Crippen LogP contribution in [-0.2, 0) is 17.9 Å². The zero-order chi connectivity index (χ0) is 16.9. The lowest BCUT2D eigenvalue weighted by molar-refractivity contribution is -0.131. The quantitative estimate of drug-likeness (QED) is 0.836. The molecule has 0 atom stereocenters. The Morgan fingerprint density at radius 1 is 1.25 bits per heavy atom. The van der Waals surface area contributed by atoms with Gasteiger partial charge in [-0.2, -0.15) is 16.4 Å². The summed E-state index contributed by atoms with van der Waals surface area (Å²) in [6, 6.07) is 4.24. The van der Waals surface area contributed by atoms with Crippen molar-refractivity contribution in [2.75, 3.05) is 26.2 Å². The van der Waals surface area contributed by atoms with Crippen molar-refractivity contribution in [3.63, 3.8) is 0 Å². The van der Waals surface area contributed by atoms with Crippen molar-refractivity contribution >= 4 is 17.2 Å². The molecule has 0 aromatic carbocycles. The van der Waals surface area contributed by atoms with E-state index in [1.165, 1.54) is 5.56 Å². The van der Waals surface area contributed by atoms with Gasteiger partial charge >= 0.3 is 0 Å². The van der Waals surface area contributed by atoms with Crippen molar-refractivity contribution < 1.29 is 4.79 Å². The second-order valence-corrected chi connectivity index (χ2v) is 7.32. The normalized spacial score (nSPS) is 16.3. The zero-order valence-corrected chi connectivity index (χ0v) is 15.4. The summed E-state index contributed by atoms with van der Waals surface area (Å²) >= 11 is 1.75. The Balaban J connectivity index is 1.48. The SMILES string of the molecule is Cc1cc(C)n(CCC(=O)N2CCCN(Cc3ccsc3)CC2)n1. The summed E-state index contributed by atoms with van der Waals surface area (Å²) < 4.78 is 1.94. The molecule has 1 aliphatic rings. The molecular formula is C18H26N4OS. The van der Waals surface area contributed by atoms with E-state index in [0.29, 0.717) is 13.0 Å². The second-order valence-electron chi connectivity index (χ2n) is 6.54. The maximum absolute atomic E-state index is 12.5. The van der Waals surface area contributed by atoms with Crippen molar-refractivity contribution in [1.29, 1.82) is 0 Å². The van der Waals surface area contributed by atoms with Gasteiger partial charge in [0.15, 0.2) is 0 Å². The minimum absolute atomic E-state index is 0.250. The van der Waals surface area contributed by atoms with Gasteiger partial charge in [0.2, 0.25) is 5.91 Å². The Hall–Kier alpha value is -1.66. The number of hydrogen-bond donors (Lipinski definition) is 0. The van der Waals surface area contributed by atoms with E-state index in [1.54, 1.807) is 11.3 Å². The lowest BCUT2D eigenvalue weighted by atomic mass is 10.3. The van der Waals surface area contributed by atoms with Crippen LogP contribution in [-0.4, -0.2) is 51.7 Å². The van der Waals surface area contributed by atoms with E-state index in [4.69, 9.17) is 0 Å². The number of carbonyl (C=O) groups excluding carboxylic acids is 1. The summed E-state index contributed by atoms with van der Waals surface area (Å²) in [6.07, 6.45) is 1.59. The number of rotatable bonds is 5. The molecule has 1 fully saturated rings. The van der Waals surface area contributed by atoms with Crippen molar-refractivity contribution in [2.24, 2.45) is 0 Å². The third-order valence-electron chi connectivity index (χ3n) is 4.57. The lowest BCUT2D eigenvalue weighted by Crippen LogP contribution is -2.35. The van der Waals surface area contributed by atoms with Gasteiger partial charge in [-0.25, -0.2) is 0 Å². The first-order valence-corrected chi connectivity index (χ1v) is 9.58. The van der Waals surface area contributed by atoms with Gasteiger partial charge in [-0.15, -0.1) is 0 Å². The van der Waals surface area contributed by atoms with E-state index in [-0.39, 0.29) is 5.91 Å². The van der Waals surface area contributed by atoms with Crippen LogP contribution in [0.1, 0.15) is 29.8 Å². The van der Waals surface area contributed by atoms with E-state index in [2.05, 4.69) is 32.9 Å². The molecule has 2 aromatic heterocycles. The summed E-state index contributed by atoms with van der Waals surface area (Å²) in [6.45, 7) is 9.43. The molecule has 130 valence electrons. The number of amides is 1. The zero-order valence-electron chi connectivity index (χ0n) is 14.6. The van der Waals surface area contributed by atoms with Gasteiger partial charge in [0, 0.05) is 51.4 Å². The van der Waals surface area contributed by atoms with Gasteiger partial charge < -0.3 is 4.90 Å². The predicted octanol–water partition coefficient (Wildman–Crippen LogP) is 2.69. The van der Waals surface area contributed by atoms with Crippen molar-refractivity contribution in [3.05, 3.63) is 39.8 Å². The van der Waals surface area contributed by atoms with Gasteiger partial charge in [0.05, 0.1) is 5.69 Å². The average molecular weight is 347 g/mol. The molecule has 0 unspecified atom stereocenters. The number of carbonyl (C=O) groups is 1. The Morgan fingerprint density at radius 2 is 2.12 bits per heavy atom. The van der Waals surface area contributed by atoms with E-state index in [9.17, 15) is 4.79 Å².